The third-order valence-corrected chi connectivity index (χ3v) is 16.0. The molecule has 570 valence electrons. The van der Waals surface area contributed by atoms with Gasteiger partial charge < -0.3 is 110 Å². The Morgan fingerprint density at radius 3 is 1.69 bits per heavy atom. The number of nitrogens with one attached hydrogen (secondary N) is 11. The summed E-state index contributed by atoms with van der Waals surface area (Å²) in [5, 5.41) is 70.5. The van der Waals surface area contributed by atoms with Crippen LogP contribution in [0.2, 0.25) is 0 Å². The minimum Gasteiger partial charge on any atom is -0.453 e. The van der Waals surface area contributed by atoms with Gasteiger partial charge in [0, 0.05) is 13.0 Å². The smallest absolute Gasteiger partial charge is 0.408 e. The molecule has 0 saturated carbocycles. The average Bonchev–Trinajstić information content (AvgIpc) is 0.803. The van der Waals surface area contributed by atoms with Gasteiger partial charge in [-0.25, -0.2) is 9.59 Å². The van der Waals surface area contributed by atoms with Crippen molar-refractivity contribution in [2.24, 2.45) is 45.9 Å². The highest BCUT2D eigenvalue weighted by Crippen LogP contribution is 2.26. The van der Waals surface area contributed by atoms with Gasteiger partial charge in [-0.05, 0) is 102 Å². The molecule has 2 rings (SSSR count). The first-order valence-electron chi connectivity index (χ1n) is 33.8. The van der Waals surface area contributed by atoms with E-state index in [9.17, 15) is 78.0 Å². The number of alkyl carbamates (subject to hydrolysis) is 1. The van der Waals surface area contributed by atoms with Crippen molar-refractivity contribution in [3.05, 3.63) is 71.8 Å². The first-order chi connectivity index (χ1) is 47.6. The second-order valence-electron chi connectivity index (χ2n) is 27.4. The molecule has 0 aliphatic rings. The maximum Gasteiger partial charge on any atom is 0.408 e. The third kappa shape index (κ3) is 30.1. The Morgan fingerprint density at radius 2 is 1.18 bits per heavy atom. The highest BCUT2D eigenvalue weighted by Gasteiger charge is 2.45. The molecule has 0 bridgehead atoms. The van der Waals surface area contributed by atoms with E-state index < -0.39 is 192 Å². The number of aliphatic hydroxyl groups is 4. The molecule has 34 nitrogen and oxygen atoms in total. The average molecular weight is 1440 g/mol. The van der Waals surface area contributed by atoms with Crippen molar-refractivity contribution in [1.29, 1.82) is 0 Å². The fraction of sp³-hybridized carbons (Fsp3) is 0.618. The van der Waals surface area contributed by atoms with Crippen molar-refractivity contribution in [2.75, 3.05) is 26.7 Å². The van der Waals surface area contributed by atoms with E-state index in [-0.39, 0.29) is 62.4 Å². The summed E-state index contributed by atoms with van der Waals surface area (Å²) in [4.78, 5) is 184. The Kier molecular flexibility index (Phi) is 37.2. The number of rotatable bonds is 43. The molecule has 0 radical (unpaired) electrons. The van der Waals surface area contributed by atoms with Crippen LogP contribution in [0.1, 0.15) is 139 Å². The van der Waals surface area contributed by atoms with E-state index in [0.717, 1.165) is 6.92 Å². The SMILES string of the molecule is CC[C@H](C)[C@H](NC(=O)[C@@H](CCCN=C(N)N)NC(=O)[C@H](CC(C)C)NC)C(=O)N[C@H](C(=O)NCC(=O)N[C@H](C(=O)N[C@@H](CO)C(=O)O[C@H](c1ccccc1)[C@H](NC(=O)[C@](C)(CC(C)C)NC(=O)[C@@H](Cc1ccccc1)NC(=O)OC(C)(C)C)C(=O)N[C@H](C=O)[C@H](O)C(C)C)[C@H](O)C(N)=O)[C@H](C)O. The van der Waals surface area contributed by atoms with Gasteiger partial charge in [0.05, 0.1) is 31.4 Å². The normalized spacial score (nSPS) is 16.2. The van der Waals surface area contributed by atoms with Gasteiger partial charge in [-0.3, -0.25) is 52.9 Å². The van der Waals surface area contributed by atoms with Crippen molar-refractivity contribution in [3.8, 4) is 0 Å². The number of hydrogen-bond donors (Lipinski definition) is 18. The van der Waals surface area contributed by atoms with Crippen LogP contribution in [0.25, 0.3) is 0 Å². The quantitative estimate of drug-likeness (QED) is 0.0103. The van der Waals surface area contributed by atoms with Crippen molar-refractivity contribution in [2.45, 2.75) is 218 Å². The standard InChI is InChI=1S/C68H109N15O19/c1-15-38(8)48(80-56(91)42(27-22-28-73-65(70)71)75-57(92)43(72-14)29-35(2)3)60(95)81-49(39(9)86)59(94)74-32-47(87)79-50(53(89)55(69)90)61(96)77-46(34-85)63(98)101-54(41-25-20-17-21-26-41)51(62(97)76-45(33-84)52(88)37(6)7)82-64(99)68(13,31-36(4)5)83-58(93)44(30-40-23-18-16-19-24-40)78-66(100)102-67(10,11)12/h16-21,23-26,33,35-39,42-46,48-54,72,85-86,88-89H,15,22,27-32,34H2,1-14H3,(H2,69,90)(H,74,94)(H,75,92)(H,76,97)(H,77,96)(H,78,100)(H,79,87)(H,80,91)(H,81,95)(H,82,99)(H,83,93)(H4,70,71,73)/t38-,39-,42+,43-,44+,45+,46-,48-,49-,50-,51-,52+,53-,54+,68-/m0/s1. The summed E-state index contributed by atoms with van der Waals surface area (Å²) < 4.78 is 11.4. The zero-order valence-corrected chi connectivity index (χ0v) is 60.6. The van der Waals surface area contributed by atoms with Crippen LogP contribution >= 0.6 is 0 Å². The number of benzene rings is 2. The van der Waals surface area contributed by atoms with E-state index in [4.69, 9.17) is 26.7 Å². The van der Waals surface area contributed by atoms with Crippen LogP contribution in [0.3, 0.4) is 0 Å². The number of aliphatic hydroxyl groups excluding tert-OH is 4. The number of nitrogens with two attached hydrogens (primary N) is 3. The van der Waals surface area contributed by atoms with Crippen LogP contribution < -0.4 is 75.7 Å². The number of guanidine groups is 1. The summed E-state index contributed by atoms with van der Waals surface area (Å²) in [6.45, 7) is 18.5. The number of ether oxygens (including phenoxy) is 2. The maximum atomic E-state index is 15.1. The van der Waals surface area contributed by atoms with Crippen molar-refractivity contribution >= 4 is 83.4 Å². The Balaban J connectivity index is 2.60. The summed E-state index contributed by atoms with van der Waals surface area (Å²) in [6, 6.07) is 0.651. The number of hydrogen-bond acceptors (Lipinski definition) is 21. The Hall–Kier alpha value is -9.38. The summed E-state index contributed by atoms with van der Waals surface area (Å²) in [7, 11) is 1.58. The van der Waals surface area contributed by atoms with Crippen LogP contribution in [0, 0.1) is 23.7 Å². The fourth-order valence-corrected chi connectivity index (χ4v) is 10.4. The monoisotopic (exact) mass is 1440 g/mol. The zero-order chi connectivity index (χ0) is 77.5. The Morgan fingerprint density at radius 1 is 0.618 bits per heavy atom. The summed E-state index contributed by atoms with van der Waals surface area (Å²) in [5.74, 6) is -14.7. The Bertz CT molecular complexity index is 3150. The Labute approximate surface area is 594 Å². The predicted molar refractivity (Wildman–Crippen MR) is 374 cm³/mol. The van der Waals surface area contributed by atoms with Gasteiger partial charge in [0.25, 0.3) is 0 Å². The number of esters is 1. The molecule has 0 aromatic heterocycles. The molecule has 2 aromatic rings. The molecule has 0 aliphatic heterocycles. The van der Waals surface area contributed by atoms with Crippen LogP contribution in [0.5, 0.6) is 0 Å². The van der Waals surface area contributed by atoms with Gasteiger partial charge in [0.1, 0.15) is 59.7 Å². The van der Waals surface area contributed by atoms with Crippen LogP contribution in [0.4, 0.5) is 4.79 Å². The molecule has 102 heavy (non-hydrogen) atoms. The predicted octanol–water partition coefficient (Wildman–Crippen LogP) is -2.99. The van der Waals surface area contributed by atoms with E-state index in [1.807, 2.05) is 24.5 Å². The fourth-order valence-electron chi connectivity index (χ4n) is 10.4. The number of amides is 11. The molecule has 2 aromatic carbocycles. The lowest BCUT2D eigenvalue weighted by molar-refractivity contribution is -0.159. The highest BCUT2D eigenvalue weighted by atomic mass is 16.6. The first kappa shape index (κ1) is 88.7. The molecule has 34 heteroatoms. The first-order valence-corrected chi connectivity index (χ1v) is 33.8. The van der Waals surface area contributed by atoms with E-state index in [2.05, 4.69) is 52.8 Å². The lowest BCUT2D eigenvalue weighted by atomic mass is 9.88. The molecule has 21 N–H and O–H groups in total. The number of aliphatic imine (C=N–C) groups is 1. The number of aldehydes is 1. The number of likely N-dealkylation sites (N-methyl/N-ethyl adjacent to an activating group) is 1. The van der Waals surface area contributed by atoms with Gasteiger partial charge in [-0.1, -0.05) is 122 Å². The third-order valence-electron chi connectivity index (χ3n) is 16.0. The highest BCUT2D eigenvalue weighted by molar-refractivity contribution is 6.00. The molecule has 15 atom stereocenters. The van der Waals surface area contributed by atoms with Gasteiger partial charge in [-0.15, -0.1) is 0 Å². The molecular formula is C68H109N15O19. The topological polar surface area (TPSA) is 544 Å². The van der Waals surface area contributed by atoms with Gasteiger partial charge >= 0.3 is 12.1 Å². The van der Waals surface area contributed by atoms with Crippen molar-refractivity contribution in [1.82, 2.24) is 58.5 Å². The van der Waals surface area contributed by atoms with Gasteiger partial charge in [0.2, 0.25) is 59.1 Å². The number of primary amides is 1. The van der Waals surface area contributed by atoms with E-state index in [1.165, 1.54) is 51.1 Å². The molecule has 0 heterocycles. The summed E-state index contributed by atoms with van der Waals surface area (Å²) in [6.07, 6.45) is -7.90. The summed E-state index contributed by atoms with van der Waals surface area (Å²) in [5.41, 5.74) is 13.9. The number of carbonyl (C=O) groups excluding carboxylic acids is 13. The number of nitrogens with zero attached hydrogens (tertiary/aromatic N) is 1. The van der Waals surface area contributed by atoms with Crippen molar-refractivity contribution in [3.63, 3.8) is 0 Å². The molecule has 11 amide bonds. The van der Waals surface area contributed by atoms with E-state index in [0.29, 0.717) is 12.0 Å². The second-order valence-corrected chi connectivity index (χ2v) is 27.4. The molecule has 0 unspecified atom stereocenters. The maximum absolute atomic E-state index is 15.1. The van der Waals surface area contributed by atoms with E-state index in [1.54, 1.807) is 85.8 Å². The lowest BCUT2D eigenvalue weighted by Gasteiger charge is -2.36. The van der Waals surface area contributed by atoms with E-state index >= 15 is 4.79 Å². The lowest BCUT2D eigenvalue weighted by Crippen LogP contribution is -2.65. The van der Waals surface area contributed by atoms with Crippen LogP contribution in [-0.2, 0) is 73.4 Å². The van der Waals surface area contributed by atoms with Crippen molar-refractivity contribution < 1.29 is 92.2 Å². The van der Waals surface area contributed by atoms with Gasteiger partial charge in [-0.2, -0.15) is 0 Å². The molecule has 0 saturated heterocycles. The minimum atomic E-state index is -2.61. The second kappa shape index (κ2) is 42.8. The summed E-state index contributed by atoms with van der Waals surface area (Å²) >= 11 is 0. The molecule has 0 spiro atoms. The molecular weight excluding hydrogens is 1330 g/mol. The molecule has 0 fully saturated rings. The van der Waals surface area contributed by atoms with Crippen LogP contribution in [0.15, 0.2) is 65.7 Å². The zero-order valence-electron chi connectivity index (χ0n) is 60.6. The van der Waals surface area contributed by atoms with Crippen LogP contribution in [-0.4, -0.2) is 214 Å². The largest absolute Gasteiger partial charge is 0.453 e. The molecule has 0 aliphatic carbocycles. The number of carbonyl (C=O) groups is 13. The van der Waals surface area contributed by atoms with Gasteiger partial charge in [0.15, 0.2) is 24.2 Å². The minimum absolute atomic E-state index is 0.0232.